The van der Waals surface area contributed by atoms with E-state index in [0.29, 0.717) is 59.9 Å². The molecule has 38 heavy (non-hydrogen) atoms. The molecule has 0 amide bonds. The summed E-state index contributed by atoms with van der Waals surface area (Å²) < 4.78 is 39.6. The molecule has 198 valence electrons. The predicted molar refractivity (Wildman–Crippen MR) is 145 cm³/mol. The van der Waals surface area contributed by atoms with Crippen molar-refractivity contribution in [2.75, 3.05) is 50.6 Å². The minimum atomic E-state index is -4.02. The third-order valence-electron chi connectivity index (χ3n) is 5.91. The molecule has 0 unspecified atom stereocenters. The Kier molecular flexibility index (Phi) is 6.60. The number of aromatic nitrogens is 5. The number of fused-ring (bicyclic) bond motifs is 3. The zero-order valence-corrected chi connectivity index (χ0v) is 21.7. The topological polar surface area (TPSA) is 151 Å². The molecule has 1 fully saturated rings. The molecular weight excluding hydrogens is 512 g/mol. The summed E-state index contributed by atoms with van der Waals surface area (Å²) in [5.41, 5.74) is 1.73. The average molecular weight is 539 g/mol. The van der Waals surface area contributed by atoms with E-state index in [4.69, 9.17) is 9.15 Å². The smallest absolute Gasteiger partial charge is 0.324 e. The number of anilines is 3. The van der Waals surface area contributed by atoms with Crippen LogP contribution in [0.3, 0.4) is 0 Å². The van der Waals surface area contributed by atoms with Crippen LogP contribution in [0.15, 0.2) is 58.8 Å². The van der Waals surface area contributed by atoms with E-state index < -0.39 is 10.2 Å². The fourth-order valence-electron chi connectivity index (χ4n) is 4.01. The quantitative estimate of drug-likeness (QED) is 0.320. The van der Waals surface area contributed by atoms with E-state index in [1.54, 1.807) is 30.4 Å². The number of aromatic amines is 1. The van der Waals surface area contributed by atoms with Crippen LogP contribution in [0.2, 0.25) is 0 Å². The second kappa shape index (κ2) is 9.89. The molecule has 4 aromatic heterocycles. The molecule has 1 aliphatic heterocycles. The van der Waals surface area contributed by atoms with Crippen LogP contribution in [0, 0.1) is 0 Å². The number of hydrogen-bond donors (Lipinski definition) is 2. The lowest BCUT2D eigenvalue weighted by Gasteiger charge is -2.27. The summed E-state index contributed by atoms with van der Waals surface area (Å²) >= 11 is 0. The molecule has 0 spiro atoms. The fourth-order valence-corrected chi connectivity index (χ4v) is 4.85. The lowest BCUT2D eigenvalue weighted by molar-refractivity contribution is 0.122. The molecule has 0 radical (unpaired) electrons. The second-order valence-corrected chi connectivity index (χ2v) is 10.5. The number of hydrogen-bond acceptors (Lipinski definition) is 10. The summed E-state index contributed by atoms with van der Waals surface area (Å²) in [7, 11) is -1.20. The van der Waals surface area contributed by atoms with Crippen molar-refractivity contribution in [1.82, 2.24) is 28.4 Å². The minimum absolute atomic E-state index is 0.110. The number of morpholine rings is 1. The first kappa shape index (κ1) is 25.4. The highest BCUT2D eigenvalue weighted by Gasteiger charge is 2.26. The molecule has 0 atom stereocenters. The van der Waals surface area contributed by atoms with Gasteiger partial charge in [0.15, 0.2) is 11.4 Å². The highest BCUT2D eigenvalue weighted by molar-refractivity contribution is 7.87. The predicted octanol–water partition coefficient (Wildman–Crippen LogP) is 2.25. The number of ether oxygens (including phenoxy) is 1. The van der Waals surface area contributed by atoms with E-state index in [-0.39, 0.29) is 23.0 Å². The van der Waals surface area contributed by atoms with Crippen LogP contribution in [-0.4, -0.2) is 77.3 Å². The molecule has 0 aliphatic carbocycles. The van der Waals surface area contributed by atoms with Crippen molar-refractivity contribution in [2.24, 2.45) is 0 Å². The van der Waals surface area contributed by atoms with Gasteiger partial charge in [0.05, 0.1) is 24.3 Å². The standard InChI is InChI=1S/C24H26N8O5S/c1-5-7-15(6-2)17-14-18(32(29-17)38(34,35)30(3)4)25-24-27-20-16-8-9-19(33)26-23(16)37-21(20)22(28-24)31-10-12-36-13-11-31/h5-9,14H,1-2,10-13H2,3-4H3,(H,26,33)(H,25,27,28)/b15-7+. The van der Waals surface area contributed by atoms with Gasteiger partial charge in [-0.2, -0.15) is 22.8 Å². The molecule has 0 saturated carbocycles. The maximum absolute atomic E-state index is 13.1. The Morgan fingerprint density at radius 2 is 1.97 bits per heavy atom. The van der Waals surface area contributed by atoms with Crippen molar-refractivity contribution >= 4 is 55.6 Å². The van der Waals surface area contributed by atoms with Gasteiger partial charge < -0.3 is 19.4 Å². The SMILES string of the molecule is C=C/C=C(\C=C)c1cc(Nc2nc(N3CCOCC3)c3oc4[nH]c(=O)ccc4c3n2)n(S(=O)(=O)N(C)C)n1. The highest BCUT2D eigenvalue weighted by Crippen LogP contribution is 2.34. The number of nitrogens with one attached hydrogen (secondary N) is 2. The van der Waals surface area contributed by atoms with E-state index in [0.717, 1.165) is 8.39 Å². The van der Waals surface area contributed by atoms with Crippen LogP contribution in [0.25, 0.3) is 27.8 Å². The molecule has 14 heteroatoms. The third kappa shape index (κ3) is 4.49. The van der Waals surface area contributed by atoms with E-state index in [9.17, 15) is 13.2 Å². The Bertz CT molecular complexity index is 1740. The average Bonchev–Trinajstić information content (AvgIpc) is 3.48. The van der Waals surface area contributed by atoms with Crippen LogP contribution >= 0.6 is 0 Å². The van der Waals surface area contributed by atoms with Gasteiger partial charge in [0, 0.05) is 44.9 Å². The van der Waals surface area contributed by atoms with Crippen LogP contribution in [0.4, 0.5) is 17.6 Å². The van der Waals surface area contributed by atoms with Crippen LogP contribution in [0.1, 0.15) is 5.69 Å². The normalized spacial score (nSPS) is 14.9. The van der Waals surface area contributed by atoms with Crippen molar-refractivity contribution < 1.29 is 17.6 Å². The maximum Gasteiger partial charge on any atom is 0.324 e. The number of nitrogens with zero attached hydrogens (tertiary/aromatic N) is 6. The Labute approximate surface area is 217 Å². The fraction of sp³-hybridized carbons (Fsp3) is 0.250. The van der Waals surface area contributed by atoms with Crippen molar-refractivity contribution in [3.8, 4) is 0 Å². The Balaban J connectivity index is 1.70. The molecule has 1 saturated heterocycles. The number of pyridine rings is 1. The van der Waals surface area contributed by atoms with Gasteiger partial charge in [0.2, 0.25) is 11.7 Å². The van der Waals surface area contributed by atoms with E-state index in [1.807, 2.05) is 4.90 Å². The van der Waals surface area contributed by atoms with Gasteiger partial charge in [-0.05, 0) is 6.07 Å². The van der Waals surface area contributed by atoms with Crippen molar-refractivity contribution in [3.05, 3.63) is 65.6 Å². The lowest BCUT2D eigenvalue weighted by Crippen LogP contribution is -2.37. The minimum Gasteiger partial charge on any atom is -0.434 e. The molecule has 4 aromatic rings. The number of allylic oxidation sites excluding steroid dienone is 4. The molecule has 0 bridgehead atoms. The third-order valence-corrected chi connectivity index (χ3v) is 7.55. The van der Waals surface area contributed by atoms with Gasteiger partial charge in [-0.3, -0.25) is 9.78 Å². The lowest BCUT2D eigenvalue weighted by atomic mass is 10.2. The van der Waals surface area contributed by atoms with Crippen LogP contribution < -0.4 is 15.8 Å². The summed E-state index contributed by atoms with van der Waals surface area (Å²) in [4.78, 5) is 25.9. The second-order valence-electron chi connectivity index (χ2n) is 8.55. The summed E-state index contributed by atoms with van der Waals surface area (Å²) in [6.07, 6.45) is 4.78. The van der Waals surface area contributed by atoms with E-state index >= 15 is 0 Å². The molecule has 13 nitrogen and oxygen atoms in total. The summed E-state index contributed by atoms with van der Waals surface area (Å²) in [6, 6.07) is 4.56. The monoisotopic (exact) mass is 538 g/mol. The van der Waals surface area contributed by atoms with E-state index in [2.05, 4.69) is 38.5 Å². The van der Waals surface area contributed by atoms with Gasteiger partial charge in [0.25, 0.3) is 5.56 Å². The van der Waals surface area contributed by atoms with Crippen LogP contribution in [-0.2, 0) is 14.9 Å². The van der Waals surface area contributed by atoms with Gasteiger partial charge in [0.1, 0.15) is 11.3 Å². The van der Waals surface area contributed by atoms with Crippen LogP contribution in [0.5, 0.6) is 0 Å². The first-order chi connectivity index (χ1) is 18.2. The molecule has 0 aromatic carbocycles. The van der Waals surface area contributed by atoms with E-state index in [1.165, 1.54) is 20.2 Å². The number of rotatable bonds is 8. The van der Waals surface area contributed by atoms with Crippen molar-refractivity contribution in [1.29, 1.82) is 0 Å². The Morgan fingerprint density at radius 1 is 1.21 bits per heavy atom. The number of furan rings is 1. The first-order valence-electron chi connectivity index (χ1n) is 11.6. The largest absolute Gasteiger partial charge is 0.434 e. The molecule has 5 heterocycles. The highest BCUT2D eigenvalue weighted by atomic mass is 32.2. The van der Waals surface area contributed by atoms with Gasteiger partial charge in [-0.15, -0.1) is 4.09 Å². The van der Waals surface area contributed by atoms with Crippen molar-refractivity contribution in [2.45, 2.75) is 0 Å². The maximum atomic E-state index is 13.1. The van der Waals surface area contributed by atoms with Crippen molar-refractivity contribution in [3.63, 3.8) is 0 Å². The van der Waals surface area contributed by atoms with Gasteiger partial charge >= 0.3 is 10.2 Å². The molecule has 5 rings (SSSR count). The van der Waals surface area contributed by atoms with Gasteiger partial charge in [-0.25, -0.2) is 4.98 Å². The zero-order valence-electron chi connectivity index (χ0n) is 20.8. The summed E-state index contributed by atoms with van der Waals surface area (Å²) in [6.45, 7) is 9.60. The molecule has 2 N–H and O–H groups in total. The summed E-state index contributed by atoms with van der Waals surface area (Å²) in [5.74, 6) is 0.708. The van der Waals surface area contributed by atoms with Gasteiger partial charge in [-0.1, -0.05) is 31.4 Å². The number of H-pyrrole nitrogens is 1. The molecular formula is C24H26N8O5S. The Hall–Kier alpha value is -4.27. The molecule has 1 aliphatic rings. The zero-order chi connectivity index (χ0) is 27.0. The first-order valence-corrected chi connectivity index (χ1v) is 13.0. The Morgan fingerprint density at radius 3 is 2.66 bits per heavy atom. The summed E-state index contributed by atoms with van der Waals surface area (Å²) in [5, 5.41) is 7.92.